The Balaban J connectivity index is 1.61. The van der Waals surface area contributed by atoms with E-state index >= 15 is 0 Å². The van der Waals surface area contributed by atoms with Gasteiger partial charge in [0.25, 0.3) is 0 Å². The van der Waals surface area contributed by atoms with Crippen LogP contribution in [0.3, 0.4) is 0 Å². The molecule has 2 aliphatic heterocycles. The molecule has 4 heteroatoms. The highest BCUT2D eigenvalue weighted by Crippen LogP contribution is 2.38. The molecule has 0 aliphatic carbocycles. The van der Waals surface area contributed by atoms with Crippen LogP contribution in [0.25, 0.3) is 0 Å². The average Bonchev–Trinajstić information content (AvgIpc) is 2.93. The van der Waals surface area contributed by atoms with Crippen molar-refractivity contribution in [3.8, 4) is 0 Å². The van der Waals surface area contributed by atoms with Crippen LogP contribution in [0.1, 0.15) is 18.4 Å². The van der Waals surface area contributed by atoms with Crippen LogP contribution in [0.15, 0.2) is 34.2 Å². The molecule has 0 spiro atoms. The van der Waals surface area contributed by atoms with E-state index in [4.69, 9.17) is 0 Å². The number of guanidine groups is 1. The summed E-state index contributed by atoms with van der Waals surface area (Å²) in [5.41, 5.74) is 1.48. The molecule has 0 saturated carbocycles. The molecule has 2 N–H and O–H groups in total. The summed E-state index contributed by atoms with van der Waals surface area (Å²) in [5.74, 6) is 2.75. The number of nitrogens with zero attached hydrogens (tertiary/aromatic N) is 1. The van der Waals surface area contributed by atoms with Gasteiger partial charge in [0.15, 0.2) is 5.96 Å². The summed E-state index contributed by atoms with van der Waals surface area (Å²) in [7, 11) is 0. The van der Waals surface area contributed by atoms with Gasteiger partial charge in [-0.05, 0) is 18.6 Å². The summed E-state index contributed by atoms with van der Waals surface area (Å²) < 4.78 is 0. The molecule has 0 aromatic heterocycles. The number of aliphatic imine (C=N–C) groups is 1. The largest absolute Gasteiger partial charge is 0.356 e. The minimum Gasteiger partial charge on any atom is -0.356 e. The van der Waals surface area contributed by atoms with Crippen LogP contribution in [0.4, 0.5) is 0 Å². The molecular formula is C13H17N3S. The average molecular weight is 247 g/mol. The molecule has 90 valence electrons. The van der Waals surface area contributed by atoms with Gasteiger partial charge in [-0.15, -0.1) is 11.8 Å². The van der Waals surface area contributed by atoms with Crippen LogP contribution in [0.2, 0.25) is 0 Å². The lowest BCUT2D eigenvalue weighted by molar-refractivity contribution is 0.691. The number of hydrogen-bond donors (Lipinski definition) is 2. The van der Waals surface area contributed by atoms with E-state index in [1.165, 1.54) is 16.2 Å². The van der Waals surface area contributed by atoms with Gasteiger partial charge >= 0.3 is 0 Å². The second-order valence-electron chi connectivity index (χ2n) is 4.66. The number of hydrogen-bond acceptors (Lipinski definition) is 4. The minimum absolute atomic E-state index is 0.475. The maximum Gasteiger partial charge on any atom is 0.191 e. The molecule has 2 atom stereocenters. The number of benzene rings is 1. The molecular weight excluding hydrogens is 230 g/mol. The maximum absolute atomic E-state index is 4.42. The first kappa shape index (κ1) is 11.0. The molecule has 3 nitrogen and oxygen atoms in total. The van der Waals surface area contributed by atoms with Crippen LogP contribution in [-0.4, -0.2) is 30.8 Å². The normalized spacial score (nSPS) is 26.3. The van der Waals surface area contributed by atoms with Gasteiger partial charge in [0.2, 0.25) is 0 Å². The van der Waals surface area contributed by atoms with E-state index in [1.807, 2.05) is 11.8 Å². The lowest BCUT2D eigenvalue weighted by Gasteiger charge is -2.13. The van der Waals surface area contributed by atoms with Gasteiger partial charge in [-0.3, -0.25) is 4.99 Å². The predicted molar refractivity (Wildman–Crippen MR) is 72.8 cm³/mol. The molecule has 2 aliphatic rings. The van der Waals surface area contributed by atoms with Gasteiger partial charge in [-0.1, -0.05) is 18.2 Å². The van der Waals surface area contributed by atoms with E-state index in [9.17, 15) is 0 Å². The van der Waals surface area contributed by atoms with E-state index in [1.54, 1.807) is 0 Å². The van der Waals surface area contributed by atoms with E-state index in [-0.39, 0.29) is 0 Å². The second kappa shape index (κ2) is 4.61. The monoisotopic (exact) mass is 247 g/mol. The van der Waals surface area contributed by atoms with Crippen LogP contribution in [-0.2, 0) is 0 Å². The Morgan fingerprint density at radius 3 is 3.18 bits per heavy atom. The lowest BCUT2D eigenvalue weighted by atomic mass is 10.0. The highest BCUT2D eigenvalue weighted by Gasteiger charge is 2.23. The lowest BCUT2D eigenvalue weighted by Crippen LogP contribution is -2.39. The quantitative estimate of drug-likeness (QED) is 0.837. The first-order valence-electron chi connectivity index (χ1n) is 6.09. The van der Waals surface area contributed by atoms with Gasteiger partial charge < -0.3 is 10.6 Å². The molecule has 0 amide bonds. The van der Waals surface area contributed by atoms with E-state index in [0.717, 1.165) is 19.0 Å². The van der Waals surface area contributed by atoms with Crippen LogP contribution >= 0.6 is 11.8 Å². The molecule has 2 heterocycles. The number of rotatable bonds is 2. The summed E-state index contributed by atoms with van der Waals surface area (Å²) in [6.07, 6.45) is 0. The van der Waals surface area contributed by atoms with Gasteiger partial charge in [0.05, 0.1) is 6.54 Å². The Morgan fingerprint density at radius 1 is 1.47 bits per heavy atom. The van der Waals surface area contributed by atoms with Crippen molar-refractivity contribution in [2.24, 2.45) is 4.99 Å². The highest BCUT2D eigenvalue weighted by molar-refractivity contribution is 7.99. The van der Waals surface area contributed by atoms with Gasteiger partial charge in [-0.25, -0.2) is 0 Å². The Kier molecular flexibility index (Phi) is 2.97. The zero-order valence-corrected chi connectivity index (χ0v) is 10.8. The molecule has 0 saturated heterocycles. The molecule has 17 heavy (non-hydrogen) atoms. The molecule has 1 aromatic rings. The Hall–Kier alpha value is -1.16. The van der Waals surface area contributed by atoms with Crippen LogP contribution < -0.4 is 10.6 Å². The van der Waals surface area contributed by atoms with Crippen molar-refractivity contribution in [3.05, 3.63) is 29.8 Å². The van der Waals surface area contributed by atoms with Gasteiger partial charge in [0.1, 0.15) is 0 Å². The van der Waals surface area contributed by atoms with Crippen molar-refractivity contribution in [1.29, 1.82) is 0 Å². The summed E-state index contributed by atoms with van der Waals surface area (Å²) in [6.45, 7) is 4.01. The Labute approximate surface area is 106 Å². The smallest absolute Gasteiger partial charge is 0.191 e. The van der Waals surface area contributed by atoms with E-state index in [0.29, 0.717) is 12.0 Å². The van der Waals surface area contributed by atoms with Crippen molar-refractivity contribution in [2.75, 3.05) is 18.8 Å². The molecule has 0 bridgehead atoms. The number of nitrogens with one attached hydrogen (secondary N) is 2. The fourth-order valence-corrected chi connectivity index (χ4v) is 3.53. The van der Waals surface area contributed by atoms with Crippen molar-refractivity contribution >= 4 is 17.7 Å². The number of fused-ring (bicyclic) bond motifs is 1. The Morgan fingerprint density at radius 2 is 2.35 bits per heavy atom. The van der Waals surface area contributed by atoms with Crippen LogP contribution in [0.5, 0.6) is 0 Å². The predicted octanol–water partition coefficient (Wildman–Crippen LogP) is 1.81. The van der Waals surface area contributed by atoms with Crippen LogP contribution in [0, 0.1) is 0 Å². The van der Waals surface area contributed by atoms with Gasteiger partial charge in [-0.2, -0.15) is 0 Å². The SMILES string of the molecule is CC1CN=C(NCC2CSc3ccccc32)N1. The minimum atomic E-state index is 0.475. The first-order valence-corrected chi connectivity index (χ1v) is 7.08. The van der Waals surface area contributed by atoms with E-state index < -0.39 is 0 Å². The third-order valence-electron chi connectivity index (χ3n) is 3.22. The fourth-order valence-electron chi connectivity index (χ4n) is 2.28. The van der Waals surface area contributed by atoms with Crippen molar-refractivity contribution < 1.29 is 0 Å². The fraction of sp³-hybridized carbons (Fsp3) is 0.462. The highest BCUT2D eigenvalue weighted by atomic mass is 32.2. The summed E-state index contributed by atoms with van der Waals surface area (Å²) in [6, 6.07) is 9.18. The molecule has 0 radical (unpaired) electrons. The summed E-state index contributed by atoms with van der Waals surface area (Å²) >= 11 is 1.96. The Bertz CT molecular complexity index is 444. The molecule has 2 unspecified atom stereocenters. The third kappa shape index (κ3) is 2.27. The summed E-state index contributed by atoms with van der Waals surface area (Å²) in [4.78, 5) is 5.86. The maximum atomic E-state index is 4.42. The van der Waals surface area contributed by atoms with Crippen molar-refractivity contribution in [1.82, 2.24) is 10.6 Å². The molecule has 1 aromatic carbocycles. The zero-order chi connectivity index (χ0) is 11.7. The second-order valence-corrected chi connectivity index (χ2v) is 5.72. The zero-order valence-electron chi connectivity index (χ0n) is 9.94. The van der Waals surface area contributed by atoms with Crippen molar-refractivity contribution in [3.63, 3.8) is 0 Å². The van der Waals surface area contributed by atoms with Crippen molar-refractivity contribution in [2.45, 2.75) is 23.8 Å². The standard InChI is InChI=1S/C13H17N3S/c1-9-6-14-13(16-9)15-7-10-8-17-12-5-3-2-4-11(10)12/h2-5,9-10H,6-8H2,1H3,(H2,14,15,16). The topological polar surface area (TPSA) is 36.4 Å². The van der Waals surface area contributed by atoms with E-state index in [2.05, 4.69) is 46.8 Å². The third-order valence-corrected chi connectivity index (χ3v) is 4.47. The molecule has 0 fully saturated rings. The molecule has 3 rings (SSSR count). The summed E-state index contributed by atoms with van der Waals surface area (Å²) in [5, 5.41) is 6.75. The van der Waals surface area contributed by atoms with Gasteiger partial charge in [0, 0.05) is 29.2 Å². The number of thioether (sulfide) groups is 1. The first-order chi connectivity index (χ1) is 8.33.